The second-order valence-corrected chi connectivity index (χ2v) is 8.01. The number of carbonyl (C=O) groups excluding carboxylic acids is 1. The molecule has 3 aromatic carbocycles. The lowest BCUT2D eigenvalue weighted by Crippen LogP contribution is -2.47. The summed E-state index contributed by atoms with van der Waals surface area (Å²) in [5.41, 5.74) is 0.569. The largest absolute Gasteiger partial charge is 0.507 e. The maximum absolute atomic E-state index is 13.1. The van der Waals surface area contributed by atoms with Crippen LogP contribution >= 0.6 is 0 Å². The molecular weight excluding hydrogens is 366 g/mol. The minimum atomic E-state index is -1.26. The Kier molecular flexibility index (Phi) is 4.71. The molecule has 0 fully saturated rings. The van der Waals surface area contributed by atoms with Gasteiger partial charge in [-0.05, 0) is 17.9 Å². The monoisotopic (exact) mass is 391 g/mol. The Bertz CT molecular complexity index is 1080. The van der Waals surface area contributed by atoms with E-state index in [1.807, 2.05) is 50.2 Å². The molecule has 0 aliphatic carbocycles. The molecule has 5 heteroatoms. The molecular formula is C24H25NO4. The smallest absolute Gasteiger partial charge is 0.330 e. The number of fused-ring (bicyclic) bond motifs is 2. The van der Waals surface area contributed by atoms with Gasteiger partial charge in [0.05, 0.1) is 13.2 Å². The van der Waals surface area contributed by atoms with E-state index in [9.17, 15) is 15.0 Å². The van der Waals surface area contributed by atoms with E-state index in [2.05, 4.69) is 5.32 Å². The molecule has 2 atom stereocenters. The summed E-state index contributed by atoms with van der Waals surface area (Å²) in [5.74, 6) is -0.262. The molecule has 0 bridgehead atoms. The van der Waals surface area contributed by atoms with E-state index in [1.54, 1.807) is 18.2 Å². The molecule has 3 N–H and O–H groups in total. The fourth-order valence-corrected chi connectivity index (χ4v) is 4.61. The van der Waals surface area contributed by atoms with Crippen LogP contribution < -0.4 is 5.32 Å². The summed E-state index contributed by atoms with van der Waals surface area (Å²) < 4.78 is 5.19. The molecule has 1 aliphatic heterocycles. The quantitative estimate of drug-likeness (QED) is 0.455. The van der Waals surface area contributed by atoms with Crippen LogP contribution in [0.15, 0.2) is 54.6 Å². The fourth-order valence-electron chi connectivity index (χ4n) is 4.61. The molecule has 3 aromatic rings. The van der Waals surface area contributed by atoms with Crippen LogP contribution in [-0.4, -0.2) is 23.3 Å². The maximum Gasteiger partial charge on any atom is 0.330 e. The van der Waals surface area contributed by atoms with Crippen molar-refractivity contribution in [1.29, 1.82) is 0 Å². The fraction of sp³-hybridized carbons (Fsp3) is 0.292. The van der Waals surface area contributed by atoms with Crippen molar-refractivity contribution in [2.75, 3.05) is 7.11 Å². The van der Waals surface area contributed by atoms with Crippen LogP contribution in [0.5, 0.6) is 11.5 Å². The number of rotatable bonds is 4. The third-order valence-corrected chi connectivity index (χ3v) is 5.69. The number of aromatic hydroxyl groups is 2. The Morgan fingerprint density at radius 3 is 2.21 bits per heavy atom. The number of hydrogen-bond acceptors (Lipinski definition) is 5. The number of methoxy groups -OCH3 is 1. The summed E-state index contributed by atoms with van der Waals surface area (Å²) in [6.45, 7) is 4.03. The van der Waals surface area contributed by atoms with Crippen LogP contribution in [0.2, 0.25) is 0 Å². The van der Waals surface area contributed by atoms with Gasteiger partial charge < -0.3 is 14.9 Å². The SMILES string of the molecule is COC(=O)[C@]1(CC(C)C)N[C@H](c2ccccc2)c2c1c(O)c1ccccc1c2O. The van der Waals surface area contributed by atoms with Gasteiger partial charge in [0.2, 0.25) is 0 Å². The van der Waals surface area contributed by atoms with Crippen molar-refractivity contribution >= 4 is 16.7 Å². The van der Waals surface area contributed by atoms with Gasteiger partial charge in [-0.15, -0.1) is 0 Å². The average Bonchev–Trinajstić information content (AvgIpc) is 3.08. The number of benzene rings is 3. The maximum atomic E-state index is 13.1. The molecule has 1 aliphatic rings. The second kappa shape index (κ2) is 7.08. The van der Waals surface area contributed by atoms with Crippen LogP contribution in [0.1, 0.15) is 43.0 Å². The molecule has 0 unspecified atom stereocenters. The van der Waals surface area contributed by atoms with Gasteiger partial charge in [0.1, 0.15) is 17.0 Å². The molecule has 0 amide bonds. The first-order chi connectivity index (χ1) is 13.9. The second-order valence-electron chi connectivity index (χ2n) is 8.01. The lowest BCUT2D eigenvalue weighted by molar-refractivity contribution is -0.149. The number of phenolic OH excluding ortho intramolecular Hbond substituents is 2. The van der Waals surface area contributed by atoms with Gasteiger partial charge >= 0.3 is 5.97 Å². The van der Waals surface area contributed by atoms with Crippen LogP contribution in [0.4, 0.5) is 0 Å². The highest BCUT2D eigenvalue weighted by Crippen LogP contribution is 2.54. The van der Waals surface area contributed by atoms with Crippen molar-refractivity contribution in [3.63, 3.8) is 0 Å². The van der Waals surface area contributed by atoms with Crippen molar-refractivity contribution in [2.45, 2.75) is 31.8 Å². The summed E-state index contributed by atoms with van der Waals surface area (Å²) in [4.78, 5) is 13.1. The molecule has 0 spiro atoms. The van der Waals surface area contributed by atoms with E-state index in [-0.39, 0.29) is 17.4 Å². The van der Waals surface area contributed by atoms with Crippen molar-refractivity contribution in [3.8, 4) is 11.5 Å². The zero-order valence-electron chi connectivity index (χ0n) is 16.8. The van der Waals surface area contributed by atoms with Crippen LogP contribution in [0, 0.1) is 5.92 Å². The predicted octanol–water partition coefficient (Wildman–Crippen LogP) is 4.36. The van der Waals surface area contributed by atoms with E-state index < -0.39 is 17.6 Å². The zero-order chi connectivity index (χ0) is 20.8. The highest BCUT2D eigenvalue weighted by Gasteiger charge is 2.54. The standard InChI is InChI=1S/C24H25NO4/c1-14(2)13-24(23(28)29-3)19-18(20(25-24)15-9-5-4-6-10-15)21(26)16-11-7-8-12-17(16)22(19)27/h4-12,14,20,25-27H,13H2,1-3H3/t20-,24-/m1/s1. The van der Waals surface area contributed by atoms with Gasteiger partial charge in [-0.2, -0.15) is 0 Å². The third kappa shape index (κ3) is 2.85. The van der Waals surface area contributed by atoms with Crippen LogP contribution in [0.25, 0.3) is 10.8 Å². The van der Waals surface area contributed by atoms with Crippen LogP contribution in [-0.2, 0) is 15.1 Å². The Hall–Kier alpha value is -3.05. The Balaban J connectivity index is 2.11. The van der Waals surface area contributed by atoms with Gasteiger partial charge in [0.25, 0.3) is 0 Å². The highest BCUT2D eigenvalue weighted by molar-refractivity contribution is 5.99. The zero-order valence-corrected chi connectivity index (χ0v) is 16.8. The van der Waals surface area contributed by atoms with Gasteiger partial charge in [-0.1, -0.05) is 68.4 Å². The summed E-state index contributed by atoms with van der Waals surface area (Å²) in [5, 5.41) is 27.0. The topological polar surface area (TPSA) is 78.8 Å². The normalized spacial score (nSPS) is 20.8. The van der Waals surface area contributed by atoms with Gasteiger partial charge in [-0.3, -0.25) is 5.32 Å². The van der Waals surface area contributed by atoms with E-state index in [1.165, 1.54) is 7.11 Å². The van der Waals surface area contributed by atoms with Crippen molar-refractivity contribution in [1.82, 2.24) is 5.32 Å². The van der Waals surface area contributed by atoms with Crippen molar-refractivity contribution < 1.29 is 19.7 Å². The summed E-state index contributed by atoms with van der Waals surface area (Å²) >= 11 is 0. The number of nitrogens with one attached hydrogen (secondary N) is 1. The van der Waals surface area contributed by atoms with Gasteiger partial charge in [0.15, 0.2) is 0 Å². The molecule has 0 saturated heterocycles. The van der Waals surface area contributed by atoms with Gasteiger partial charge in [-0.25, -0.2) is 4.79 Å². The third-order valence-electron chi connectivity index (χ3n) is 5.69. The first-order valence-corrected chi connectivity index (χ1v) is 9.78. The summed E-state index contributed by atoms with van der Waals surface area (Å²) in [6, 6.07) is 16.3. The van der Waals surface area contributed by atoms with E-state index >= 15 is 0 Å². The Morgan fingerprint density at radius 1 is 1.03 bits per heavy atom. The molecule has 4 rings (SSSR count). The van der Waals surface area contributed by atoms with E-state index in [4.69, 9.17) is 4.74 Å². The average molecular weight is 391 g/mol. The molecule has 1 heterocycles. The van der Waals surface area contributed by atoms with Gasteiger partial charge in [0, 0.05) is 21.9 Å². The minimum absolute atomic E-state index is 0.00498. The first kappa shape index (κ1) is 19.3. The summed E-state index contributed by atoms with van der Waals surface area (Å²) in [7, 11) is 1.35. The van der Waals surface area contributed by atoms with E-state index in [0.717, 1.165) is 5.56 Å². The lowest BCUT2D eigenvalue weighted by atomic mass is 9.80. The number of ether oxygens (including phenoxy) is 1. The first-order valence-electron chi connectivity index (χ1n) is 9.78. The highest BCUT2D eigenvalue weighted by atomic mass is 16.5. The van der Waals surface area contributed by atoms with E-state index in [0.29, 0.717) is 28.3 Å². The number of hydrogen-bond donors (Lipinski definition) is 3. The number of esters is 1. The predicted molar refractivity (Wildman–Crippen MR) is 112 cm³/mol. The number of phenols is 2. The molecule has 150 valence electrons. The van der Waals surface area contributed by atoms with Crippen molar-refractivity contribution in [3.05, 3.63) is 71.3 Å². The lowest BCUT2D eigenvalue weighted by Gasteiger charge is -2.31. The molecule has 0 radical (unpaired) electrons. The van der Waals surface area contributed by atoms with Crippen LogP contribution in [0.3, 0.4) is 0 Å². The molecule has 0 saturated carbocycles. The Labute approximate surface area is 169 Å². The summed E-state index contributed by atoms with van der Waals surface area (Å²) in [6.07, 6.45) is 0.418. The molecule has 5 nitrogen and oxygen atoms in total. The molecule has 0 aromatic heterocycles. The Morgan fingerprint density at radius 2 is 1.62 bits per heavy atom. The van der Waals surface area contributed by atoms with Crippen molar-refractivity contribution in [2.24, 2.45) is 5.92 Å². The number of carbonyl (C=O) groups is 1. The molecule has 29 heavy (non-hydrogen) atoms. The minimum Gasteiger partial charge on any atom is -0.507 e.